The fraction of sp³-hybridized carbons (Fsp3) is 0.231. The molecule has 1 atom stereocenters. The summed E-state index contributed by atoms with van der Waals surface area (Å²) in [6.45, 7) is 1.72. The third-order valence-electron chi connectivity index (χ3n) is 2.62. The minimum absolute atomic E-state index is 0.223. The van der Waals surface area contributed by atoms with Crippen LogP contribution >= 0.6 is 11.8 Å². The van der Waals surface area contributed by atoms with Crippen LogP contribution < -0.4 is 5.32 Å². The molecule has 0 saturated carbocycles. The first-order valence-electron chi connectivity index (χ1n) is 5.87. The van der Waals surface area contributed by atoms with Gasteiger partial charge in [-0.3, -0.25) is 4.79 Å². The van der Waals surface area contributed by atoms with E-state index in [1.165, 1.54) is 17.8 Å². The number of anilines is 1. The molecule has 0 unspecified atom stereocenters. The third kappa shape index (κ3) is 3.36. The van der Waals surface area contributed by atoms with Gasteiger partial charge in [-0.15, -0.1) is 0 Å². The lowest BCUT2D eigenvalue weighted by atomic mass is 10.3. The number of benzene rings is 1. The van der Waals surface area contributed by atoms with Gasteiger partial charge in [-0.2, -0.15) is 0 Å². The number of imidazole rings is 1. The van der Waals surface area contributed by atoms with E-state index in [9.17, 15) is 13.6 Å². The maximum absolute atomic E-state index is 13.0. The molecule has 2 aromatic rings. The molecule has 1 aromatic heterocycles. The predicted molar refractivity (Wildman–Crippen MR) is 73.5 cm³/mol. The number of hydrogen-bond acceptors (Lipinski definition) is 3. The van der Waals surface area contributed by atoms with E-state index in [1.54, 1.807) is 23.9 Å². The molecule has 1 N–H and O–H groups in total. The van der Waals surface area contributed by atoms with E-state index in [0.717, 1.165) is 12.1 Å². The minimum Gasteiger partial charge on any atom is -0.329 e. The summed E-state index contributed by atoms with van der Waals surface area (Å²) in [6.07, 6.45) is 3.42. The Bertz CT molecular complexity index is 630. The molecule has 2 rings (SSSR count). The predicted octanol–water partition coefficient (Wildman–Crippen LogP) is 2.82. The van der Waals surface area contributed by atoms with Crippen molar-refractivity contribution >= 4 is 23.4 Å². The molecule has 7 heteroatoms. The van der Waals surface area contributed by atoms with Gasteiger partial charge < -0.3 is 9.88 Å². The van der Waals surface area contributed by atoms with Gasteiger partial charge in [-0.25, -0.2) is 13.8 Å². The summed E-state index contributed by atoms with van der Waals surface area (Å²) in [7, 11) is 1.83. The Hall–Kier alpha value is -1.89. The first-order valence-corrected chi connectivity index (χ1v) is 6.75. The normalized spacial score (nSPS) is 12.2. The van der Waals surface area contributed by atoms with Crippen LogP contribution in [0.5, 0.6) is 0 Å². The van der Waals surface area contributed by atoms with Gasteiger partial charge in [-0.1, -0.05) is 11.8 Å². The number of carbonyl (C=O) groups is 1. The summed E-state index contributed by atoms with van der Waals surface area (Å²) in [4.78, 5) is 16.1. The number of nitrogens with one attached hydrogen (secondary N) is 1. The van der Waals surface area contributed by atoms with Crippen molar-refractivity contribution in [3.05, 3.63) is 42.2 Å². The van der Waals surface area contributed by atoms with Gasteiger partial charge in [-0.05, 0) is 19.1 Å². The first kappa shape index (κ1) is 14.5. The van der Waals surface area contributed by atoms with E-state index < -0.39 is 16.9 Å². The first-order chi connectivity index (χ1) is 9.47. The van der Waals surface area contributed by atoms with Crippen LogP contribution in [0.2, 0.25) is 0 Å². The highest BCUT2D eigenvalue weighted by atomic mass is 32.2. The molecule has 1 amide bonds. The van der Waals surface area contributed by atoms with Crippen molar-refractivity contribution in [1.29, 1.82) is 0 Å². The van der Waals surface area contributed by atoms with Gasteiger partial charge in [0.05, 0.1) is 5.25 Å². The van der Waals surface area contributed by atoms with Crippen molar-refractivity contribution in [2.75, 3.05) is 5.32 Å². The Balaban J connectivity index is 2.00. The maximum Gasteiger partial charge on any atom is 0.237 e. The Morgan fingerprint density at radius 2 is 2.15 bits per heavy atom. The van der Waals surface area contributed by atoms with Crippen molar-refractivity contribution in [2.45, 2.75) is 17.3 Å². The largest absolute Gasteiger partial charge is 0.329 e. The van der Waals surface area contributed by atoms with E-state index in [2.05, 4.69) is 10.3 Å². The summed E-state index contributed by atoms with van der Waals surface area (Å²) in [6, 6.07) is 3.24. The highest BCUT2D eigenvalue weighted by Crippen LogP contribution is 2.22. The number of nitrogens with zero attached hydrogens (tertiary/aromatic N) is 2. The molecule has 0 radical (unpaired) electrons. The van der Waals surface area contributed by atoms with Crippen LogP contribution in [0.25, 0.3) is 0 Å². The molecular formula is C13H13F2N3OS. The van der Waals surface area contributed by atoms with Crippen LogP contribution in [-0.4, -0.2) is 20.7 Å². The number of thioether (sulfide) groups is 1. The number of aromatic nitrogens is 2. The summed E-state index contributed by atoms with van der Waals surface area (Å²) < 4.78 is 27.6. The third-order valence-corrected chi connectivity index (χ3v) is 3.79. The lowest BCUT2D eigenvalue weighted by molar-refractivity contribution is -0.115. The minimum atomic E-state index is -0.993. The number of rotatable bonds is 4. The van der Waals surface area contributed by atoms with E-state index in [-0.39, 0.29) is 11.6 Å². The number of aryl methyl sites for hydroxylation is 1. The topological polar surface area (TPSA) is 46.9 Å². The second kappa shape index (κ2) is 6.04. The van der Waals surface area contributed by atoms with Crippen LogP contribution in [-0.2, 0) is 11.8 Å². The second-order valence-electron chi connectivity index (χ2n) is 4.20. The van der Waals surface area contributed by atoms with E-state index >= 15 is 0 Å². The number of halogens is 2. The van der Waals surface area contributed by atoms with Crippen molar-refractivity contribution < 1.29 is 13.6 Å². The molecule has 106 valence electrons. The van der Waals surface area contributed by atoms with Crippen molar-refractivity contribution in [3.8, 4) is 0 Å². The average Bonchev–Trinajstić information content (AvgIpc) is 2.79. The zero-order chi connectivity index (χ0) is 14.7. The lowest BCUT2D eigenvalue weighted by Gasteiger charge is -2.11. The van der Waals surface area contributed by atoms with Crippen molar-refractivity contribution in [1.82, 2.24) is 9.55 Å². The zero-order valence-electron chi connectivity index (χ0n) is 10.9. The Kier molecular flexibility index (Phi) is 4.39. The molecule has 0 aliphatic heterocycles. The number of amides is 1. The zero-order valence-corrected chi connectivity index (χ0v) is 11.7. The molecule has 0 spiro atoms. The fourth-order valence-electron chi connectivity index (χ4n) is 1.49. The summed E-state index contributed by atoms with van der Waals surface area (Å²) in [5.41, 5.74) is 0.223. The van der Waals surface area contributed by atoms with Crippen LogP contribution in [0.3, 0.4) is 0 Å². The summed E-state index contributed by atoms with van der Waals surface area (Å²) in [5, 5.41) is 2.83. The molecule has 0 fully saturated rings. The molecule has 0 aliphatic carbocycles. The highest BCUT2D eigenvalue weighted by Gasteiger charge is 2.17. The smallest absolute Gasteiger partial charge is 0.237 e. The standard InChI is InChI=1S/C13H13F2N3OS/c1-8(20-13-16-5-6-18(13)2)12(19)17-9-3-4-10(14)11(15)7-9/h3-8H,1-2H3,(H,17,19)/t8-/m0/s1. The second-order valence-corrected chi connectivity index (χ2v) is 5.51. The number of hydrogen-bond donors (Lipinski definition) is 1. The Labute approximate surface area is 119 Å². The van der Waals surface area contributed by atoms with Gasteiger partial charge >= 0.3 is 0 Å². The van der Waals surface area contributed by atoms with Crippen LogP contribution in [0.1, 0.15) is 6.92 Å². The van der Waals surface area contributed by atoms with Gasteiger partial charge in [0.1, 0.15) is 0 Å². The molecule has 1 heterocycles. The highest BCUT2D eigenvalue weighted by molar-refractivity contribution is 8.00. The molecular weight excluding hydrogens is 284 g/mol. The molecule has 0 saturated heterocycles. The van der Waals surface area contributed by atoms with Crippen molar-refractivity contribution in [3.63, 3.8) is 0 Å². The molecule has 0 aliphatic rings. The summed E-state index contributed by atoms with van der Waals surface area (Å²) >= 11 is 1.28. The maximum atomic E-state index is 13.0. The van der Waals surface area contributed by atoms with Crippen LogP contribution in [0, 0.1) is 11.6 Å². The van der Waals surface area contributed by atoms with Gasteiger partial charge in [0, 0.05) is 31.2 Å². The van der Waals surface area contributed by atoms with Crippen LogP contribution in [0.4, 0.5) is 14.5 Å². The monoisotopic (exact) mass is 297 g/mol. The van der Waals surface area contributed by atoms with E-state index in [1.807, 2.05) is 7.05 Å². The Morgan fingerprint density at radius 3 is 2.75 bits per heavy atom. The molecule has 20 heavy (non-hydrogen) atoms. The van der Waals surface area contributed by atoms with Gasteiger partial charge in [0.25, 0.3) is 0 Å². The van der Waals surface area contributed by atoms with E-state index in [4.69, 9.17) is 0 Å². The lowest BCUT2D eigenvalue weighted by Crippen LogP contribution is -2.22. The fourth-order valence-corrected chi connectivity index (χ4v) is 2.33. The van der Waals surface area contributed by atoms with Crippen LogP contribution in [0.15, 0.2) is 35.7 Å². The van der Waals surface area contributed by atoms with Gasteiger partial charge in [0.2, 0.25) is 5.91 Å². The summed E-state index contributed by atoms with van der Waals surface area (Å²) in [5.74, 6) is -2.24. The van der Waals surface area contributed by atoms with Crippen molar-refractivity contribution in [2.24, 2.45) is 7.05 Å². The quantitative estimate of drug-likeness (QED) is 0.883. The number of carbonyl (C=O) groups excluding carboxylic acids is 1. The molecule has 4 nitrogen and oxygen atoms in total. The van der Waals surface area contributed by atoms with Gasteiger partial charge in [0.15, 0.2) is 16.8 Å². The van der Waals surface area contributed by atoms with E-state index in [0.29, 0.717) is 5.16 Å². The average molecular weight is 297 g/mol. The molecule has 0 bridgehead atoms. The Morgan fingerprint density at radius 1 is 1.40 bits per heavy atom. The SMILES string of the molecule is C[C@H](Sc1nccn1C)C(=O)Nc1ccc(F)c(F)c1. The molecule has 1 aromatic carbocycles.